The number of fused-ring (bicyclic) bond motifs is 1. The largest absolute Gasteiger partial charge is 0.422 e. The molecular formula is C27H15F2N3O4S. The molecule has 5 rings (SSSR count). The van der Waals surface area contributed by atoms with Gasteiger partial charge in [0.2, 0.25) is 0 Å². The Morgan fingerprint density at radius 1 is 0.865 bits per heavy atom. The molecule has 3 aromatic carbocycles. The Kier molecular flexibility index (Phi) is 5.99. The molecule has 0 atom stereocenters. The number of nitrogens with zero attached hydrogens (tertiary/aromatic N) is 2. The molecular weight excluding hydrogens is 500 g/mol. The number of nitrogens with one attached hydrogen (secondary N) is 1. The van der Waals surface area contributed by atoms with E-state index >= 15 is 0 Å². The van der Waals surface area contributed by atoms with Crippen molar-refractivity contribution < 1.29 is 21.6 Å². The van der Waals surface area contributed by atoms with Gasteiger partial charge in [0.15, 0.2) is 5.82 Å². The molecule has 37 heavy (non-hydrogen) atoms. The van der Waals surface area contributed by atoms with Crippen molar-refractivity contribution in [2.75, 3.05) is 4.72 Å². The summed E-state index contributed by atoms with van der Waals surface area (Å²) in [6.07, 6.45) is 0. The lowest BCUT2D eigenvalue weighted by Crippen LogP contribution is -2.16. The second-order valence-corrected chi connectivity index (χ2v) is 9.63. The number of aromatic nitrogens is 1. The summed E-state index contributed by atoms with van der Waals surface area (Å²) < 4.78 is 61.2. The monoisotopic (exact) mass is 515 g/mol. The fourth-order valence-electron chi connectivity index (χ4n) is 3.79. The molecule has 0 bridgehead atoms. The quantitative estimate of drug-likeness (QED) is 0.311. The van der Waals surface area contributed by atoms with Crippen molar-refractivity contribution in [2.45, 2.75) is 4.90 Å². The number of rotatable bonds is 5. The van der Waals surface area contributed by atoms with Gasteiger partial charge in [-0.3, -0.25) is 4.72 Å². The van der Waals surface area contributed by atoms with Crippen molar-refractivity contribution in [3.8, 4) is 28.5 Å². The molecule has 2 heterocycles. The SMILES string of the molecule is N#Cc1c(-c2ccc(F)cc2)cc(-c2cc3cc(F)ccc3oc2=O)nc1NS(=O)(=O)c1ccccc1. The van der Waals surface area contributed by atoms with Crippen LogP contribution in [0.25, 0.3) is 33.4 Å². The maximum Gasteiger partial charge on any atom is 0.345 e. The summed E-state index contributed by atoms with van der Waals surface area (Å²) >= 11 is 0. The van der Waals surface area contributed by atoms with Crippen LogP contribution in [0.5, 0.6) is 0 Å². The number of nitriles is 1. The molecule has 10 heteroatoms. The summed E-state index contributed by atoms with van der Waals surface area (Å²) in [4.78, 5) is 17.0. The molecule has 1 N–H and O–H groups in total. The molecule has 2 aromatic heterocycles. The third-order valence-electron chi connectivity index (χ3n) is 5.54. The van der Waals surface area contributed by atoms with Crippen molar-refractivity contribution in [2.24, 2.45) is 0 Å². The molecule has 7 nitrogen and oxygen atoms in total. The highest BCUT2D eigenvalue weighted by Gasteiger charge is 2.22. The van der Waals surface area contributed by atoms with Crippen LogP contribution in [0.3, 0.4) is 0 Å². The minimum atomic E-state index is -4.18. The second kappa shape index (κ2) is 9.29. The first-order chi connectivity index (χ1) is 17.7. The smallest absolute Gasteiger partial charge is 0.345 e. The molecule has 0 aliphatic carbocycles. The molecule has 0 radical (unpaired) electrons. The fraction of sp³-hybridized carbons (Fsp3) is 0. The van der Waals surface area contributed by atoms with Gasteiger partial charge in [-0.25, -0.2) is 27.0 Å². The van der Waals surface area contributed by atoms with E-state index in [1.165, 1.54) is 72.8 Å². The molecule has 0 saturated heterocycles. The van der Waals surface area contributed by atoms with Crippen molar-refractivity contribution in [1.82, 2.24) is 4.98 Å². The van der Waals surface area contributed by atoms with E-state index in [4.69, 9.17) is 4.42 Å². The maximum atomic E-state index is 13.8. The Bertz CT molecular complexity index is 1870. The Labute approximate surface area is 209 Å². The fourth-order valence-corrected chi connectivity index (χ4v) is 4.82. The van der Waals surface area contributed by atoms with Gasteiger partial charge in [-0.05, 0) is 60.2 Å². The van der Waals surface area contributed by atoms with E-state index in [1.807, 2.05) is 6.07 Å². The van der Waals surface area contributed by atoms with E-state index in [1.54, 1.807) is 6.07 Å². The summed E-state index contributed by atoms with van der Waals surface area (Å²) in [7, 11) is -4.18. The van der Waals surface area contributed by atoms with Crippen LogP contribution < -0.4 is 10.3 Å². The average Bonchev–Trinajstić information content (AvgIpc) is 2.89. The van der Waals surface area contributed by atoms with Crippen LogP contribution in [-0.2, 0) is 10.0 Å². The Morgan fingerprint density at radius 3 is 2.27 bits per heavy atom. The zero-order valence-corrected chi connectivity index (χ0v) is 19.6. The lowest BCUT2D eigenvalue weighted by molar-refractivity contribution is 0.560. The molecule has 0 unspecified atom stereocenters. The van der Waals surface area contributed by atoms with Crippen LogP contribution in [0, 0.1) is 23.0 Å². The van der Waals surface area contributed by atoms with Gasteiger partial charge in [0.25, 0.3) is 10.0 Å². The minimum Gasteiger partial charge on any atom is -0.422 e. The van der Waals surface area contributed by atoms with Crippen LogP contribution in [0.4, 0.5) is 14.6 Å². The van der Waals surface area contributed by atoms with Gasteiger partial charge in [-0.2, -0.15) is 5.26 Å². The third kappa shape index (κ3) is 4.68. The molecule has 0 aliphatic rings. The van der Waals surface area contributed by atoms with Crippen LogP contribution in [-0.4, -0.2) is 13.4 Å². The van der Waals surface area contributed by atoms with E-state index in [0.29, 0.717) is 5.56 Å². The second-order valence-electron chi connectivity index (χ2n) is 7.95. The molecule has 0 fully saturated rings. The van der Waals surface area contributed by atoms with Crippen LogP contribution in [0.1, 0.15) is 5.56 Å². The number of pyridine rings is 1. The summed E-state index contributed by atoms with van der Waals surface area (Å²) in [5, 5.41) is 10.2. The Hall–Kier alpha value is -4.88. The predicted octanol–water partition coefficient (Wildman–Crippen LogP) is 5.47. The van der Waals surface area contributed by atoms with Crippen molar-refractivity contribution >= 4 is 26.8 Å². The average molecular weight is 515 g/mol. The van der Waals surface area contributed by atoms with Gasteiger partial charge in [0, 0.05) is 10.9 Å². The highest BCUT2D eigenvalue weighted by Crippen LogP contribution is 2.33. The predicted molar refractivity (Wildman–Crippen MR) is 133 cm³/mol. The lowest BCUT2D eigenvalue weighted by Gasteiger charge is -2.14. The van der Waals surface area contributed by atoms with Crippen molar-refractivity contribution in [3.05, 3.63) is 113 Å². The number of anilines is 1. The first-order valence-electron chi connectivity index (χ1n) is 10.8. The van der Waals surface area contributed by atoms with E-state index in [-0.39, 0.29) is 44.1 Å². The highest BCUT2D eigenvalue weighted by molar-refractivity contribution is 7.92. The molecule has 0 amide bonds. The first kappa shape index (κ1) is 23.8. The van der Waals surface area contributed by atoms with E-state index in [0.717, 1.165) is 6.07 Å². The normalized spacial score (nSPS) is 11.3. The molecule has 0 aliphatic heterocycles. The van der Waals surface area contributed by atoms with Gasteiger partial charge >= 0.3 is 5.63 Å². The van der Waals surface area contributed by atoms with E-state index in [2.05, 4.69) is 9.71 Å². The lowest BCUT2D eigenvalue weighted by atomic mass is 9.98. The van der Waals surface area contributed by atoms with Crippen molar-refractivity contribution in [3.63, 3.8) is 0 Å². The van der Waals surface area contributed by atoms with Crippen LogP contribution in [0.2, 0.25) is 0 Å². The number of halogens is 2. The summed E-state index contributed by atoms with van der Waals surface area (Å²) in [5.74, 6) is -1.41. The zero-order chi connectivity index (χ0) is 26.2. The van der Waals surface area contributed by atoms with Gasteiger partial charge in [-0.15, -0.1) is 0 Å². The number of sulfonamides is 1. The summed E-state index contributed by atoms with van der Waals surface area (Å²) in [6, 6.07) is 20.9. The first-order valence-corrected chi connectivity index (χ1v) is 12.3. The third-order valence-corrected chi connectivity index (χ3v) is 6.90. The summed E-state index contributed by atoms with van der Waals surface area (Å²) in [6.45, 7) is 0. The van der Waals surface area contributed by atoms with Gasteiger partial charge in [0.1, 0.15) is 28.9 Å². The highest BCUT2D eigenvalue weighted by atomic mass is 32.2. The Morgan fingerprint density at radius 2 is 1.57 bits per heavy atom. The van der Waals surface area contributed by atoms with E-state index in [9.17, 15) is 27.3 Å². The van der Waals surface area contributed by atoms with E-state index < -0.39 is 27.3 Å². The molecule has 0 spiro atoms. The maximum absolute atomic E-state index is 13.8. The van der Waals surface area contributed by atoms with Crippen molar-refractivity contribution in [1.29, 1.82) is 5.26 Å². The number of hydrogen-bond acceptors (Lipinski definition) is 6. The van der Waals surface area contributed by atoms with Gasteiger partial charge in [0.05, 0.1) is 16.2 Å². The zero-order valence-electron chi connectivity index (χ0n) is 18.8. The van der Waals surface area contributed by atoms with Crippen LogP contribution in [0.15, 0.2) is 99.0 Å². The van der Waals surface area contributed by atoms with Gasteiger partial charge < -0.3 is 4.42 Å². The minimum absolute atomic E-state index is 0.0380. The topological polar surface area (TPSA) is 113 Å². The standard InChI is InChI=1S/C27H15F2N3O4S/c28-18-8-6-16(7-9-18)21-14-24(22-13-17-12-19(29)10-11-25(17)36-27(22)33)31-26(23(21)15-30)32-37(34,35)20-4-2-1-3-5-20/h1-14H,(H,31,32). The Balaban J connectivity index is 1.77. The molecule has 5 aromatic rings. The molecule has 182 valence electrons. The number of benzene rings is 3. The van der Waals surface area contributed by atoms with Gasteiger partial charge in [-0.1, -0.05) is 30.3 Å². The van der Waals surface area contributed by atoms with Crippen LogP contribution >= 0.6 is 0 Å². The summed E-state index contributed by atoms with van der Waals surface area (Å²) in [5.41, 5.74) is -0.373. The number of hydrogen-bond donors (Lipinski definition) is 1. The molecule has 0 saturated carbocycles.